The van der Waals surface area contributed by atoms with Crippen molar-refractivity contribution in [2.45, 2.75) is 129 Å². The lowest BCUT2D eigenvalue weighted by atomic mass is 9.33. The van der Waals surface area contributed by atoms with Crippen molar-refractivity contribution in [1.82, 2.24) is 0 Å². The number of benzene rings is 8. The van der Waals surface area contributed by atoms with Crippen LogP contribution in [0.15, 0.2) is 164 Å². The summed E-state index contributed by atoms with van der Waals surface area (Å²) in [7, 11) is 0. The second-order valence-electron chi connectivity index (χ2n) is 25.5. The molecule has 0 atom stereocenters. The van der Waals surface area contributed by atoms with Gasteiger partial charge in [0.1, 0.15) is 0 Å². The Labute approximate surface area is 438 Å². The van der Waals surface area contributed by atoms with Crippen molar-refractivity contribution in [2.75, 3.05) is 14.7 Å². The molecule has 0 saturated carbocycles. The number of rotatable bonds is 5. The molecule has 2 aliphatic carbocycles. The minimum absolute atomic E-state index is 0.0164. The first-order chi connectivity index (χ1) is 34.8. The quantitative estimate of drug-likeness (QED) is 0.159. The number of para-hydroxylation sites is 2. The fourth-order valence-corrected chi connectivity index (χ4v) is 14.4. The third-order valence-electron chi connectivity index (χ3n) is 17.9. The van der Waals surface area contributed by atoms with Crippen LogP contribution in [-0.2, 0) is 27.1 Å². The standard InChI is InChI=1S/C68H68BN3S/c1-64(2,3)43-36-59-63-60(37-43)72(47-26-29-51-52(39-47)66(6,7)33-32-65(51,4)5)58-42-54-53(67(8,9)34-35-68(54,10)11)41-56(58)69(63)55-30-27-48(70(44-20-14-12-15-21-44)45-22-16-13-17-23-45)40-57(55)71(59)46-28-31-62-50(38-46)49-24-18-19-25-61(49)73-62/h12-31,36-42H,32-35H2,1-11H3. The van der Waals surface area contributed by atoms with Crippen LogP contribution in [0, 0.1) is 0 Å². The maximum absolute atomic E-state index is 2.72. The van der Waals surface area contributed by atoms with Crippen LogP contribution >= 0.6 is 11.3 Å². The summed E-state index contributed by atoms with van der Waals surface area (Å²) < 4.78 is 2.63. The van der Waals surface area contributed by atoms with Gasteiger partial charge in [0.05, 0.1) is 0 Å². The first-order valence-corrected chi connectivity index (χ1v) is 27.7. The van der Waals surface area contributed by atoms with Crippen molar-refractivity contribution < 1.29 is 0 Å². The van der Waals surface area contributed by atoms with E-state index in [4.69, 9.17) is 0 Å². The summed E-state index contributed by atoms with van der Waals surface area (Å²) in [5.41, 5.74) is 22.4. The van der Waals surface area contributed by atoms with Crippen LogP contribution in [0.1, 0.15) is 130 Å². The molecule has 3 heterocycles. The monoisotopic (exact) mass is 970 g/mol. The zero-order valence-electron chi connectivity index (χ0n) is 44.7. The highest BCUT2D eigenvalue weighted by atomic mass is 32.1. The van der Waals surface area contributed by atoms with Crippen molar-refractivity contribution in [2.24, 2.45) is 0 Å². The number of hydrogen-bond donors (Lipinski definition) is 0. The normalized spacial score (nSPS) is 17.7. The third-order valence-corrected chi connectivity index (χ3v) is 19.0. The average molecular weight is 970 g/mol. The van der Waals surface area contributed by atoms with Crippen molar-refractivity contribution in [3.63, 3.8) is 0 Å². The second-order valence-corrected chi connectivity index (χ2v) is 26.6. The van der Waals surface area contributed by atoms with E-state index in [2.05, 4.69) is 255 Å². The van der Waals surface area contributed by atoms with Crippen LogP contribution in [0.4, 0.5) is 51.2 Å². The van der Waals surface area contributed by atoms with Gasteiger partial charge in [0.2, 0.25) is 0 Å². The lowest BCUT2D eigenvalue weighted by Crippen LogP contribution is -2.62. The van der Waals surface area contributed by atoms with Gasteiger partial charge in [-0.2, -0.15) is 0 Å². The molecule has 2 aliphatic heterocycles. The van der Waals surface area contributed by atoms with E-state index >= 15 is 0 Å². The Morgan fingerprint density at radius 3 is 1.55 bits per heavy atom. The van der Waals surface area contributed by atoms with E-state index in [1.165, 1.54) is 111 Å². The molecular formula is C68H68BN3S. The molecule has 0 amide bonds. The molecule has 0 saturated heterocycles. The van der Waals surface area contributed by atoms with E-state index in [1.54, 1.807) is 0 Å². The van der Waals surface area contributed by atoms with Gasteiger partial charge in [-0.3, -0.25) is 0 Å². The molecule has 0 N–H and O–H groups in total. The molecule has 5 heteroatoms. The summed E-state index contributed by atoms with van der Waals surface area (Å²) in [4.78, 5) is 7.79. The second kappa shape index (κ2) is 16.0. The van der Waals surface area contributed by atoms with Gasteiger partial charge in [-0.1, -0.05) is 149 Å². The maximum atomic E-state index is 2.72. The van der Waals surface area contributed by atoms with Gasteiger partial charge in [-0.15, -0.1) is 11.3 Å². The minimum atomic E-state index is -0.143. The molecule has 4 aliphatic rings. The van der Waals surface area contributed by atoms with Crippen LogP contribution in [0.5, 0.6) is 0 Å². The Hall–Kier alpha value is -6.56. The molecular weight excluding hydrogens is 902 g/mol. The Balaban J connectivity index is 1.16. The van der Waals surface area contributed by atoms with Gasteiger partial charge in [-0.25, -0.2) is 0 Å². The van der Waals surface area contributed by atoms with Crippen LogP contribution in [-0.4, -0.2) is 6.71 Å². The lowest BCUT2D eigenvalue weighted by molar-refractivity contribution is 0.332. The smallest absolute Gasteiger partial charge is 0.252 e. The molecule has 0 radical (unpaired) electrons. The molecule has 0 spiro atoms. The van der Waals surface area contributed by atoms with Gasteiger partial charge < -0.3 is 14.7 Å². The largest absolute Gasteiger partial charge is 0.311 e. The van der Waals surface area contributed by atoms with Gasteiger partial charge in [0.15, 0.2) is 0 Å². The summed E-state index contributed by atoms with van der Waals surface area (Å²) in [5.74, 6) is 0. The third kappa shape index (κ3) is 7.19. The molecule has 364 valence electrons. The van der Waals surface area contributed by atoms with Gasteiger partial charge >= 0.3 is 0 Å². The highest BCUT2D eigenvalue weighted by Gasteiger charge is 2.48. The molecule has 0 unspecified atom stereocenters. The van der Waals surface area contributed by atoms with Gasteiger partial charge in [-0.05, 0) is 188 Å². The Morgan fingerprint density at radius 2 is 0.932 bits per heavy atom. The van der Waals surface area contributed by atoms with E-state index in [-0.39, 0.29) is 33.8 Å². The van der Waals surface area contributed by atoms with Crippen LogP contribution in [0.2, 0.25) is 0 Å². The predicted molar refractivity (Wildman–Crippen MR) is 317 cm³/mol. The van der Waals surface area contributed by atoms with Gasteiger partial charge in [0.25, 0.3) is 6.71 Å². The SMILES string of the molecule is CC(C)(C)c1cc2c3c(c1)N(c1ccc4c(c1)C(C)(C)CCC4(C)C)c1cc4c(cc1B3c1ccc(N(c3ccccc3)c3ccccc3)cc1N2c1ccc2sc3ccccc3c2c1)C(C)(C)CCC4(C)C. The van der Waals surface area contributed by atoms with Crippen LogP contribution in [0.25, 0.3) is 20.2 Å². The summed E-state index contributed by atoms with van der Waals surface area (Å²) in [6.45, 7) is 27.0. The highest BCUT2D eigenvalue weighted by molar-refractivity contribution is 7.25. The topological polar surface area (TPSA) is 9.72 Å². The zero-order valence-corrected chi connectivity index (χ0v) is 45.6. The molecule has 13 rings (SSSR count). The summed E-state index contributed by atoms with van der Waals surface area (Å²) >= 11 is 1.89. The van der Waals surface area contributed by atoms with Crippen LogP contribution < -0.4 is 31.1 Å². The first kappa shape index (κ1) is 46.2. The van der Waals surface area contributed by atoms with E-state index in [0.29, 0.717) is 0 Å². The molecule has 3 nitrogen and oxygen atoms in total. The van der Waals surface area contributed by atoms with Crippen molar-refractivity contribution in [1.29, 1.82) is 0 Å². The van der Waals surface area contributed by atoms with E-state index in [0.717, 1.165) is 29.9 Å². The van der Waals surface area contributed by atoms with Crippen molar-refractivity contribution >= 4 is 106 Å². The first-order valence-electron chi connectivity index (χ1n) is 26.9. The lowest BCUT2D eigenvalue weighted by Gasteiger charge is -2.48. The number of fused-ring (bicyclic) bond motifs is 9. The van der Waals surface area contributed by atoms with Crippen molar-refractivity contribution in [3.8, 4) is 0 Å². The number of nitrogens with zero attached hydrogens (tertiary/aromatic N) is 3. The Bertz CT molecular complexity index is 3660. The van der Waals surface area contributed by atoms with Gasteiger partial charge in [0, 0.05) is 71.4 Å². The number of hydrogen-bond acceptors (Lipinski definition) is 4. The fraction of sp³-hybridized carbons (Fsp3) is 0.294. The number of anilines is 9. The van der Waals surface area contributed by atoms with Crippen LogP contribution in [0.3, 0.4) is 0 Å². The maximum Gasteiger partial charge on any atom is 0.252 e. The van der Waals surface area contributed by atoms with E-state index < -0.39 is 0 Å². The molecule has 9 aromatic rings. The Morgan fingerprint density at radius 1 is 0.425 bits per heavy atom. The number of thiophene rings is 1. The molecule has 73 heavy (non-hydrogen) atoms. The summed E-state index contributed by atoms with van der Waals surface area (Å²) in [5, 5.41) is 2.61. The average Bonchev–Trinajstić information content (AvgIpc) is 3.75. The van der Waals surface area contributed by atoms with Crippen molar-refractivity contribution in [3.05, 3.63) is 192 Å². The highest BCUT2D eigenvalue weighted by Crippen LogP contribution is 2.54. The fourth-order valence-electron chi connectivity index (χ4n) is 13.3. The molecule has 8 aromatic carbocycles. The summed E-state index contributed by atoms with van der Waals surface area (Å²) in [6, 6.07) is 63.4. The molecule has 0 bridgehead atoms. The zero-order chi connectivity index (χ0) is 50.6. The molecule has 1 aromatic heterocycles. The minimum Gasteiger partial charge on any atom is -0.311 e. The summed E-state index contributed by atoms with van der Waals surface area (Å²) in [6.07, 6.45) is 4.69. The Kier molecular flexibility index (Phi) is 10.1. The molecule has 0 fully saturated rings. The van der Waals surface area contributed by atoms with E-state index in [1.807, 2.05) is 11.3 Å². The predicted octanol–water partition coefficient (Wildman–Crippen LogP) is 17.6. The van der Waals surface area contributed by atoms with E-state index in [9.17, 15) is 0 Å².